The van der Waals surface area contributed by atoms with Crippen LogP contribution in [0.1, 0.15) is 15.9 Å². The van der Waals surface area contributed by atoms with Crippen molar-refractivity contribution in [3.63, 3.8) is 0 Å². The number of amides is 1. The molecule has 0 atom stereocenters. The average molecular weight is 408 g/mol. The summed E-state index contributed by atoms with van der Waals surface area (Å²) < 4.78 is 5.62. The van der Waals surface area contributed by atoms with Crippen molar-refractivity contribution in [3.05, 3.63) is 103 Å². The van der Waals surface area contributed by atoms with E-state index in [4.69, 9.17) is 4.74 Å². The van der Waals surface area contributed by atoms with Crippen LogP contribution in [0.5, 0.6) is 5.75 Å². The molecule has 2 aromatic carbocycles. The molecule has 0 aliphatic rings. The largest absolute Gasteiger partial charge is 0.489 e. The minimum atomic E-state index is -0.324. The lowest BCUT2D eigenvalue weighted by atomic mass is 10.0. The van der Waals surface area contributed by atoms with Crippen molar-refractivity contribution in [2.45, 2.75) is 0 Å². The number of carbonyl (C=O) groups is 1. The Balaban J connectivity index is 1.62. The quantitative estimate of drug-likeness (QED) is 0.275. The summed E-state index contributed by atoms with van der Waals surface area (Å²) in [5, 5.41) is 4.89. The smallest absolute Gasteiger partial charge is 0.272 e. The Labute approximate surface area is 179 Å². The Hall–Kier alpha value is -4.32. The highest BCUT2D eigenvalue weighted by Gasteiger charge is 2.13. The molecule has 31 heavy (non-hydrogen) atoms. The number of rotatable bonds is 7. The van der Waals surface area contributed by atoms with E-state index < -0.39 is 0 Å². The van der Waals surface area contributed by atoms with Crippen molar-refractivity contribution in [2.24, 2.45) is 5.10 Å². The van der Waals surface area contributed by atoms with E-state index >= 15 is 0 Å². The molecular weight excluding hydrogens is 388 g/mol. The van der Waals surface area contributed by atoms with Crippen molar-refractivity contribution >= 4 is 23.0 Å². The number of nitrogens with zero attached hydrogens (tertiary/aromatic N) is 3. The lowest BCUT2D eigenvalue weighted by Gasteiger charge is -2.09. The first-order chi connectivity index (χ1) is 15.3. The van der Waals surface area contributed by atoms with Crippen LogP contribution in [-0.4, -0.2) is 28.7 Å². The van der Waals surface area contributed by atoms with Gasteiger partial charge in [-0.2, -0.15) is 5.10 Å². The minimum Gasteiger partial charge on any atom is -0.489 e. The maximum Gasteiger partial charge on any atom is 0.272 e. The van der Waals surface area contributed by atoms with Gasteiger partial charge in [-0.3, -0.25) is 9.78 Å². The van der Waals surface area contributed by atoms with E-state index in [9.17, 15) is 4.79 Å². The Morgan fingerprint density at radius 3 is 2.68 bits per heavy atom. The first-order valence-electron chi connectivity index (χ1n) is 9.72. The van der Waals surface area contributed by atoms with Gasteiger partial charge in [0, 0.05) is 28.9 Å². The lowest BCUT2D eigenvalue weighted by Crippen LogP contribution is -2.18. The van der Waals surface area contributed by atoms with E-state index in [-0.39, 0.29) is 5.91 Å². The monoisotopic (exact) mass is 408 g/mol. The van der Waals surface area contributed by atoms with Crippen LogP contribution in [0.15, 0.2) is 96.9 Å². The third kappa shape index (κ3) is 4.64. The fourth-order valence-corrected chi connectivity index (χ4v) is 3.12. The molecule has 0 saturated carbocycles. The maximum atomic E-state index is 13.0. The van der Waals surface area contributed by atoms with Gasteiger partial charge in [0.25, 0.3) is 5.91 Å². The van der Waals surface area contributed by atoms with Crippen LogP contribution < -0.4 is 10.2 Å². The standard InChI is InChI=1S/C25H20N4O2/c1-2-15-31-24-10-6-3-7-19(24)17-27-29-25(30)21-16-23(18-11-13-26-14-12-18)28-22-9-5-4-8-20(21)22/h2-14,16-17H,1,15H2,(H,29,30)/b27-17-. The number of hydrogen-bond donors (Lipinski definition) is 1. The zero-order chi connectivity index (χ0) is 21.5. The normalized spacial score (nSPS) is 10.8. The molecule has 0 aliphatic heterocycles. The van der Waals surface area contributed by atoms with Gasteiger partial charge in [-0.15, -0.1) is 0 Å². The molecule has 152 valence electrons. The van der Waals surface area contributed by atoms with Crippen molar-refractivity contribution < 1.29 is 9.53 Å². The number of benzene rings is 2. The van der Waals surface area contributed by atoms with Gasteiger partial charge in [-0.05, 0) is 36.4 Å². The van der Waals surface area contributed by atoms with Gasteiger partial charge in [0.2, 0.25) is 0 Å². The van der Waals surface area contributed by atoms with Crippen LogP contribution in [0, 0.1) is 0 Å². The number of ether oxygens (including phenoxy) is 1. The molecule has 0 spiro atoms. The molecule has 6 nitrogen and oxygen atoms in total. The summed E-state index contributed by atoms with van der Waals surface area (Å²) in [7, 11) is 0. The second-order valence-corrected chi connectivity index (χ2v) is 6.64. The molecule has 0 saturated heterocycles. The third-order valence-corrected chi connectivity index (χ3v) is 4.58. The van der Waals surface area contributed by atoms with Crippen molar-refractivity contribution in [2.75, 3.05) is 6.61 Å². The SMILES string of the molecule is C=CCOc1ccccc1/C=N\NC(=O)c1cc(-c2ccncc2)nc2ccccc12. The van der Waals surface area contributed by atoms with Crippen molar-refractivity contribution in [1.82, 2.24) is 15.4 Å². The number of hydrazone groups is 1. The Morgan fingerprint density at radius 1 is 1.06 bits per heavy atom. The van der Waals surface area contributed by atoms with Crippen LogP contribution in [0.3, 0.4) is 0 Å². The second kappa shape index (κ2) is 9.45. The van der Waals surface area contributed by atoms with E-state index in [0.29, 0.717) is 23.6 Å². The summed E-state index contributed by atoms with van der Waals surface area (Å²) in [6, 6.07) is 20.5. The van der Waals surface area contributed by atoms with E-state index in [1.807, 2.05) is 60.7 Å². The molecule has 0 radical (unpaired) electrons. The number of nitrogens with one attached hydrogen (secondary N) is 1. The number of pyridine rings is 2. The second-order valence-electron chi connectivity index (χ2n) is 6.64. The topological polar surface area (TPSA) is 76.5 Å². The molecule has 1 N–H and O–H groups in total. The predicted octanol–water partition coefficient (Wildman–Crippen LogP) is 4.63. The Bertz CT molecular complexity index is 1250. The summed E-state index contributed by atoms with van der Waals surface area (Å²) in [5.74, 6) is 0.337. The minimum absolute atomic E-state index is 0.324. The zero-order valence-electron chi connectivity index (χ0n) is 16.7. The highest BCUT2D eigenvalue weighted by Crippen LogP contribution is 2.24. The molecule has 6 heteroatoms. The first-order valence-corrected chi connectivity index (χ1v) is 9.72. The highest BCUT2D eigenvalue weighted by molar-refractivity contribution is 6.07. The summed E-state index contributed by atoms with van der Waals surface area (Å²) >= 11 is 0. The average Bonchev–Trinajstić information content (AvgIpc) is 2.83. The predicted molar refractivity (Wildman–Crippen MR) is 122 cm³/mol. The van der Waals surface area contributed by atoms with E-state index in [2.05, 4.69) is 27.1 Å². The summed E-state index contributed by atoms with van der Waals surface area (Å²) in [6.07, 6.45) is 6.62. The third-order valence-electron chi connectivity index (χ3n) is 4.58. The van der Waals surface area contributed by atoms with Gasteiger partial charge in [0.05, 0.1) is 23.0 Å². The van der Waals surface area contributed by atoms with Gasteiger partial charge in [-0.25, -0.2) is 10.4 Å². The fraction of sp³-hybridized carbons (Fsp3) is 0.0400. The summed E-state index contributed by atoms with van der Waals surface area (Å²) in [5.41, 5.74) is 6.16. The number of carbonyl (C=O) groups excluding carboxylic acids is 1. The molecule has 0 fully saturated rings. The van der Waals surface area contributed by atoms with E-state index in [1.165, 1.54) is 0 Å². The Kier molecular flexibility index (Phi) is 6.09. The molecule has 2 aromatic heterocycles. The molecule has 0 unspecified atom stereocenters. The van der Waals surface area contributed by atoms with Crippen LogP contribution in [0.25, 0.3) is 22.2 Å². The lowest BCUT2D eigenvalue weighted by molar-refractivity contribution is 0.0956. The van der Waals surface area contributed by atoms with Gasteiger partial charge < -0.3 is 4.74 Å². The maximum absolute atomic E-state index is 13.0. The van der Waals surface area contributed by atoms with Crippen LogP contribution in [0.4, 0.5) is 0 Å². The van der Waals surface area contributed by atoms with Crippen LogP contribution >= 0.6 is 0 Å². The molecule has 2 heterocycles. The molecule has 0 bridgehead atoms. The molecule has 0 aliphatic carbocycles. The highest BCUT2D eigenvalue weighted by atomic mass is 16.5. The van der Waals surface area contributed by atoms with Gasteiger partial charge >= 0.3 is 0 Å². The number of para-hydroxylation sites is 2. The van der Waals surface area contributed by atoms with Gasteiger partial charge in [0.1, 0.15) is 12.4 Å². The fourth-order valence-electron chi connectivity index (χ4n) is 3.12. The zero-order valence-corrected chi connectivity index (χ0v) is 16.7. The van der Waals surface area contributed by atoms with Crippen molar-refractivity contribution in [1.29, 1.82) is 0 Å². The van der Waals surface area contributed by atoms with E-state index in [1.54, 1.807) is 30.8 Å². The van der Waals surface area contributed by atoms with Gasteiger partial charge in [0.15, 0.2) is 0 Å². The first kappa shape index (κ1) is 20.0. The molecule has 4 rings (SSSR count). The van der Waals surface area contributed by atoms with Gasteiger partial charge in [-0.1, -0.05) is 43.0 Å². The van der Waals surface area contributed by atoms with Crippen LogP contribution in [0.2, 0.25) is 0 Å². The molecule has 4 aromatic rings. The number of hydrogen-bond acceptors (Lipinski definition) is 5. The Morgan fingerprint density at radius 2 is 1.84 bits per heavy atom. The summed E-state index contributed by atoms with van der Waals surface area (Å²) in [4.78, 5) is 21.7. The van der Waals surface area contributed by atoms with Crippen LogP contribution in [-0.2, 0) is 0 Å². The molecule has 1 amide bonds. The van der Waals surface area contributed by atoms with Crippen molar-refractivity contribution in [3.8, 4) is 17.0 Å². The number of aromatic nitrogens is 2. The summed E-state index contributed by atoms with van der Waals surface area (Å²) in [6.45, 7) is 4.04. The molecular formula is C25H20N4O2. The van der Waals surface area contributed by atoms with E-state index in [0.717, 1.165) is 22.0 Å². The number of fused-ring (bicyclic) bond motifs is 1.